The highest BCUT2D eigenvalue weighted by atomic mass is 127. The van der Waals surface area contributed by atoms with E-state index < -0.39 is 0 Å². The molecule has 0 bridgehead atoms. The lowest BCUT2D eigenvalue weighted by Gasteiger charge is -2.14. The molecule has 0 fully saturated rings. The second-order valence-electron chi connectivity index (χ2n) is 2.63. The maximum Gasteiger partial charge on any atom is 0.203 e. The summed E-state index contributed by atoms with van der Waals surface area (Å²) in [5.74, 6) is 2.10. The number of halogens is 1. The average molecular weight is 308 g/mol. The summed E-state index contributed by atoms with van der Waals surface area (Å²) in [5.41, 5.74) is 1.10. The van der Waals surface area contributed by atoms with Crippen molar-refractivity contribution in [1.82, 2.24) is 0 Å². The monoisotopic (exact) mass is 308 g/mol. The Balaban J connectivity index is 3.28. The zero-order chi connectivity index (χ0) is 10.6. The molecule has 0 unspecified atom stereocenters. The van der Waals surface area contributed by atoms with E-state index in [2.05, 4.69) is 22.6 Å². The zero-order valence-corrected chi connectivity index (χ0v) is 10.6. The summed E-state index contributed by atoms with van der Waals surface area (Å²) >= 11 is 2.28. The fraction of sp³-hybridized carbons (Fsp3) is 0.400. The van der Waals surface area contributed by atoms with Crippen molar-refractivity contribution in [3.8, 4) is 17.2 Å². The smallest absolute Gasteiger partial charge is 0.203 e. The first kappa shape index (κ1) is 11.4. The van der Waals surface area contributed by atoms with Crippen LogP contribution in [0.1, 0.15) is 5.56 Å². The third-order valence-corrected chi connectivity index (χ3v) is 2.75. The predicted molar refractivity (Wildman–Crippen MR) is 63.8 cm³/mol. The normalized spacial score (nSPS) is 9.71. The first-order valence-electron chi connectivity index (χ1n) is 4.12. The lowest BCUT2D eigenvalue weighted by Crippen LogP contribution is -1.97. The molecular weight excluding hydrogens is 295 g/mol. The molecular formula is C10H13IO3. The topological polar surface area (TPSA) is 27.7 Å². The molecule has 0 amide bonds. The van der Waals surface area contributed by atoms with Gasteiger partial charge in [-0.2, -0.15) is 0 Å². The molecule has 0 saturated carbocycles. The SMILES string of the molecule is COc1ccc(CI)c(OC)c1OC. The zero-order valence-electron chi connectivity index (χ0n) is 8.46. The number of hydrogen-bond donors (Lipinski definition) is 0. The van der Waals surface area contributed by atoms with Crippen LogP contribution in [0.25, 0.3) is 0 Å². The van der Waals surface area contributed by atoms with Crippen molar-refractivity contribution in [3.05, 3.63) is 17.7 Å². The molecule has 1 aromatic carbocycles. The number of benzene rings is 1. The van der Waals surface area contributed by atoms with Crippen molar-refractivity contribution in [2.45, 2.75) is 4.43 Å². The van der Waals surface area contributed by atoms with Crippen LogP contribution in [0.5, 0.6) is 17.2 Å². The van der Waals surface area contributed by atoms with Crippen LogP contribution in [-0.2, 0) is 4.43 Å². The van der Waals surface area contributed by atoms with Gasteiger partial charge in [-0.1, -0.05) is 28.7 Å². The van der Waals surface area contributed by atoms with Gasteiger partial charge in [-0.3, -0.25) is 0 Å². The number of rotatable bonds is 4. The van der Waals surface area contributed by atoms with Crippen LogP contribution in [0.3, 0.4) is 0 Å². The largest absolute Gasteiger partial charge is 0.493 e. The Labute approximate surface area is 97.5 Å². The van der Waals surface area contributed by atoms with Gasteiger partial charge in [0.1, 0.15) is 0 Å². The van der Waals surface area contributed by atoms with Gasteiger partial charge in [0.25, 0.3) is 0 Å². The van der Waals surface area contributed by atoms with Crippen LogP contribution in [-0.4, -0.2) is 21.3 Å². The summed E-state index contributed by atoms with van der Waals surface area (Å²) in [6.07, 6.45) is 0. The second-order valence-corrected chi connectivity index (χ2v) is 3.39. The van der Waals surface area contributed by atoms with Crippen LogP contribution in [0, 0.1) is 0 Å². The number of methoxy groups -OCH3 is 3. The van der Waals surface area contributed by atoms with Crippen LogP contribution in [0.4, 0.5) is 0 Å². The van der Waals surface area contributed by atoms with Gasteiger partial charge in [-0.15, -0.1) is 0 Å². The van der Waals surface area contributed by atoms with E-state index in [1.54, 1.807) is 21.3 Å². The third kappa shape index (κ3) is 2.05. The highest BCUT2D eigenvalue weighted by molar-refractivity contribution is 14.1. The minimum Gasteiger partial charge on any atom is -0.493 e. The van der Waals surface area contributed by atoms with Crippen molar-refractivity contribution in [1.29, 1.82) is 0 Å². The first-order chi connectivity index (χ1) is 6.78. The van der Waals surface area contributed by atoms with Crippen molar-refractivity contribution < 1.29 is 14.2 Å². The molecule has 0 aliphatic carbocycles. The van der Waals surface area contributed by atoms with Gasteiger partial charge in [-0.05, 0) is 6.07 Å². The van der Waals surface area contributed by atoms with E-state index in [1.807, 2.05) is 12.1 Å². The van der Waals surface area contributed by atoms with Gasteiger partial charge in [0.05, 0.1) is 21.3 Å². The molecule has 14 heavy (non-hydrogen) atoms. The highest BCUT2D eigenvalue weighted by Crippen LogP contribution is 2.40. The molecule has 0 aliphatic rings. The van der Waals surface area contributed by atoms with Crippen LogP contribution in [0.15, 0.2) is 12.1 Å². The standard InChI is InChI=1S/C10H13IO3/c1-12-8-5-4-7(6-11)9(13-2)10(8)14-3/h4-5H,6H2,1-3H3. The molecule has 0 saturated heterocycles. The van der Waals surface area contributed by atoms with Crippen molar-refractivity contribution in [3.63, 3.8) is 0 Å². The number of hydrogen-bond acceptors (Lipinski definition) is 3. The summed E-state index contributed by atoms with van der Waals surface area (Å²) in [6, 6.07) is 3.86. The van der Waals surface area contributed by atoms with E-state index in [9.17, 15) is 0 Å². The van der Waals surface area contributed by atoms with Gasteiger partial charge in [-0.25, -0.2) is 0 Å². The molecule has 1 aromatic rings. The Hall–Kier alpha value is -0.650. The average Bonchev–Trinajstić information content (AvgIpc) is 2.26. The van der Waals surface area contributed by atoms with Crippen LogP contribution in [0.2, 0.25) is 0 Å². The highest BCUT2D eigenvalue weighted by Gasteiger charge is 2.14. The van der Waals surface area contributed by atoms with Gasteiger partial charge >= 0.3 is 0 Å². The molecule has 0 radical (unpaired) electrons. The Morgan fingerprint density at radius 2 is 1.64 bits per heavy atom. The molecule has 0 aliphatic heterocycles. The molecule has 78 valence electrons. The Bertz CT molecular complexity index is 281. The molecule has 0 N–H and O–H groups in total. The van der Waals surface area contributed by atoms with E-state index in [0.29, 0.717) is 11.5 Å². The molecule has 3 nitrogen and oxygen atoms in total. The van der Waals surface area contributed by atoms with Crippen LogP contribution >= 0.6 is 22.6 Å². The van der Waals surface area contributed by atoms with Gasteiger partial charge in [0, 0.05) is 9.99 Å². The third-order valence-electron chi connectivity index (χ3n) is 1.93. The minimum absolute atomic E-state index is 0.657. The summed E-state index contributed by atoms with van der Waals surface area (Å²) in [6.45, 7) is 0. The molecule has 0 heterocycles. The van der Waals surface area contributed by atoms with E-state index in [1.165, 1.54) is 0 Å². The van der Waals surface area contributed by atoms with E-state index in [-0.39, 0.29) is 0 Å². The molecule has 0 atom stereocenters. The molecule has 4 heteroatoms. The fourth-order valence-corrected chi connectivity index (χ4v) is 1.87. The number of alkyl halides is 1. The summed E-state index contributed by atoms with van der Waals surface area (Å²) in [4.78, 5) is 0. The predicted octanol–water partition coefficient (Wildman–Crippen LogP) is 2.65. The maximum absolute atomic E-state index is 5.29. The lowest BCUT2D eigenvalue weighted by molar-refractivity contribution is 0.323. The van der Waals surface area contributed by atoms with Gasteiger partial charge in [0.15, 0.2) is 11.5 Å². The Morgan fingerprint density at radius 1 is 1.00 bits per heavy atom. The molecule has 1 rings (SSSR count). The minimum atomic E-state index is 0.657. The fourth-order valence-electron chi connectivity index (χ4n) is 1.27. The Morgan fingerprint density at radius 3 is 2.07 bits per heavy atom. The summed E-state index contributed by atoms with van der Waals surface area (Å²) in [5, 5.41) is 0. The van der Waals surface area contributed by atoms with E-state index >= 15 is 0 Å². The Kier molecular flexibility index (Phi) is 4.31. The van der Waals surface area contributed by atoms with Crippen molar-refractivity contribution in [2.24, 2.45) is 0 Å². The second kappa shape index (κ2) is 5.29. The van der Waals surface area contributed by atoms with E-state index in [0.717, 1.165) is 15.7 Å². The maximum atomic E-state index is 5.29. The molecule has 0 aromatic heterocycles. The lowest BCUT2D eigenvalue weighted by atomic mass is 10.2. The van der Waals surface area contributed by atoms with Gasteiger partial charge in [0.2, 0.25) is 5.75 Å². The molecule has 0 spiro atoms. The van der Waals surface area contributed by atoms with Gasteiger partial charge < -0.3 is 14.2 Å². The number of ether oxygens (including phenoxy) is 3. The van der Waals surface area contributed by atoms with Crippen molar-refractivity contribution >= 4 is 22.6 Å². The summed E-state index contributed by atoms with van der Waals surface area (Å²) < 4.78 is 16.6. The first-order valence-corrected chi connectivity index (χ1v) is 5.64. The quantitative estimate of drug-likeness (QED) is 0.632. The van der Waals surface area contributed by atoms with Crippen molar-refractivity contribution in [2.75, 3.05) is 21.3 Å². The van der Waals surface area contributed by atoms with E-state index in [4.69, 9.17) is 14.2 Å². The van der Waals surface area contributed by atoms with Crippen LogP contribution < -0.4 is 14.2 Å². The summed E-state index contributed by atoms with van der Waals surface area (Å²) in [7, 11) is 4.85.